The van der Waals surface area contributed by atoms with Gasteiger partial charge >= 0.3 is 0 Å². The third-order valence-corrected chi connectivity index (χ3v) is 9.01. The smallest absolute Gasteiger partial charge is 0.251 e. The van der Waals surface area contributed by atoms with Gasteiger partial charge in [-0.2, -0.15) is 0 Å². The standard InChI is InChI=1S/C34H55N3O3/c1-3-4-5-6-7-8-9-10-11-12-13-22-32(38)37-25-23-28(24-26-37)33(39)35-30-20-16-17-21-31(30)36-34(40)29-19-15-14-18-27(29)2/h14-15,18-19,28,30-31H,3-13,16-17,20-26H2,1-2H3,(H,35,39)(H,36,40)/t30-,31-/m1/s1. The molecule has 6 heteroatoms. The summed E-state index contributed by atoms with van der Waals surface area (Å²) < 4.78 is 0. The number of nitrogens with one attached hydrogen (secondary N) is 2. The molecule has 2 N–H and O–H groups in total. The summed E-state index contributed by atoms with van der Waals surface area (Å²) in [5, 5.41) is 6.47. The van der Waals surface area contributed by atoms with E-state index in [-0.39, 0.29) is 35.7 Å². The molecule has 0 aromatic heterocycles. The Labute approximate surface area is 243 Å². The maximum Gasteiger partial charge on any atom is 0.251 e. The highest BCUT2D eigenvalue weighted by atomic mass is 16.2. The molecule has 0 bridgehead atoms. The summed E-state index contributed by atoms with van der Waals surface area (Å²) in [5.41, 5.74) is 1.66. The average molecular weight is 554 g/mol. The Bertz CT molecular complexity index is 909. The maximum atomic E-state index is 13.2. The zero-order valence-corrected chi connectivity index (χ0v) is 25.4. The monoisotopic (exact) mass is 553 g/mol. The molecule has 6 nitrogen and oxygen atoms in total. The van der Waals surface area contributed by atoms with Gasteiger partial charge in [0.25, 0.3) is 5.91 Å². The number of carbonyl (C=O) groups is 3. The van der Waals surface area contributed by atoms with Gasteiger partial charge in [0.1, 0.15) is 0 Å². The summed E-state index contributed by atoms with van der Waals surface area (Å²) in [5.74, 6) is 0.218. The van der Waals surface area contributed by atoms with Crippen molar-refractivity contribution in [2.24, 2.45) is 5.92 Å². The van der Waals surface area contributed by atoms with Crippen molar-refractivity contribution in [2.45, 2.75) is 142 Å². The van der Waals surface area contributed by atoms with Gasteiger partial charge in [-0.3, -0.25) is 14.4 Å². The molecule has 40 heavy (non-hydrogen) atoms. The van der Waals surface area contributed by atoms with Crippen LogP contribution in [0.3, 0.4) is 0 Å². The van der Waals surface area contributed by atoms with E-state index >= 15 is 0 Å². The number of piperidine rings is 1. The van der Waals surface area contributed by atoms with Crippen LogP contribution < -0.4 is 10.6 Å². The zero-order valence-electron chi connectivity index (χ0n) is 25.4. The van der Waals surface area contributed by atoms with Crippen LogP contribution in [0.5, 0.6) is 0 Å². The lowest BCUT2D eigenvalue weighted by atomic mass is 9.88. The lowest BCUT2D eigenvalue weighted by Gasteiger charge is -2.36. The zero-order chi connectivity index (χ0) is 28.6. The summed E-state index contributed by atoms with van der Waals surface area (Å²) in [4.78, 5) is 40.7. The van der Waals surface area contributed by atoms with Gasteiger partial charge in [-0.25, -0.2) is 0 Å². The molecule has 2 atom stereocenters. The first kappa shape index (κ1) is 32.1. The van der Waals surface area contributed by atoms with E-state index in [9.17, 15) is 14.4 Å². The lowest BCUT2D eigenvalue weighted by molar-refractivity contribution is -0.136. The van der Waals surface area contributed by atoms with Crippen molar-refractivity contribution >= 4 is 17.7 Å². The summed E-state index contributed by atoms with van der Waals surface area (Å²) in [6, 6.07) is 7.55. The van der Waals surface area contributed by atoms with Gasteiger partial charge < -0.3 is 15.5 Å². The third kappa shape index (κ3) is 10.9. The van der Waals surface area contributed by atoms with Crippen LogP contribution in [0.1, 0.15) is 138 Å². The van der Waals surface area contributed by atoms with E-state index in [0.29, 0.717) is 25.1 Å². The van der Waals surface area contributed by atoms with E-state index < -0.39 is 0 Å². The second kappa shape index (κ2) is 18.1. The fourth-order valence-electron chi connectivity index (χ4n) is 6.34. The molecule has 224 valence electrons. The molecule has 1 aliphatic heterocycles. The Morgan fingerprint density at radius 3 is 1.90 bits per heavy atom. The number of rotatable bonds is 16. The Kier molecular flexibility index (Phi) is 14.6. The first-order valence-corrected chi connectivity index (χ1v) is 16.4. The Morgan fingerprint density at radius 2 is 1.30 bits per heavy atom. The molecule has 2 fully saturated rings. The SMILES string of the molecule is CCCCCCCCCCCCCC(=O)N1CCC(C(=O)N[C@@H]2CCCC[C@H]2NC(=O)c2ccccc2C)CC1. The number of likely N-dealkylation sites (tertiary alicyclic amines) is 1. The largest absolute Gasteiger partial charge is 0.351 e. The molecule has 1 saturated carbocycles. The van der Waals surface area contributed by atoms with E-state index in [2.05, 4.69) is 17.6 Å². The molecule has 0 radical (unpaired) electrons. The average Bonchev–Trinajstić information content (AvgIpc) is 2.97. The molecule has 3 amide bonds. The fourth-order valence-corrected chi connectivity index (χ4v) is 6.34. The number of benzene rings is 1. The van der Waals surface area contributed by atoms with Crippen LogP contribution in [0.25, 0.3) is 0 Å². The maximum absolute atomic E-state index is 13.2. The molecular weight excluding hydrogens is 498 g/mol. The van der Waals surface area contributed by atoms with Gasteiger partial charge in [0.15, 0.2) is 0 Å². The quantitative estimate of drug-likeness (QED) is 0.215. The predicted molar refractivity (Wildman–Crippen MR) is 163 cm³/mol. The normalized spacial score (nSPS) is 19.8. The first-order chi connectivity index (χ1) is 19.5. The summed E-state index contributed by atoms with van der Waals surface area (Å²) in [6.45, 7) is 5.56. The Balaban J connectivity index is 1.30. The summed E-state index contributed by atoms with van der Waals surface area (Å²) in [7, 11) is 0. The van der Waals surface area contributed by atoms with Crippen LogP contribution in [0.2, 0.25) is 0 Å². The van der Waals surface area contributed by atoms with Crippen molar-refractivity contribution in [3.63, 3.8) is 0 Å². The van der Waals surface area contributed by atoms with Gasteiger partial charge in [-0.05, 0) is 50.7 Å². The van der Waals surface area contributed by atoms with Crippen LogP contribution in [-0.2, 0) is 9.59 Å². The third-order valence-electron chi connectivity index (χ3n) is 9.01. The predicted octanol–water partition coefficient (Wildman–Crippen LogP) is 7.09. The number of hydrogen-bond donors (Lipinski definition) is 2. The number of carbonyl (C=O) groups excluding carboxylic acids is 3. The molecular formula is C34H55N3O3. The van der Waals surface area contributed by atoms with Gasteiger partial charge in [-0.1, -0.05) is 102 Å². The Hall–Kier alpha value is -2.37. The molecule has 1 saturated heterocycles. The van der Waals surface area contributed by atoms with Crippen LogP contribution in [0.15, 0.2) is 24.3 Å². The number of nitrogens with zero attached hydrogens (tertiary/aromatic N) is 1. The van der Waals surface area contributed by atoms with Gasteiger partial charge in [0.05, 0.1) is 0 Å². The van der Waals surface area contributed by atoms with Crippen molar-refractivity contribution in [1.29, 1.82) is 0 Å². The highest BCUT2D eigenvalue weighted by molar-refractivity contribution is 5.95. The van der Waals surface area contributed by atoms with E-state index in [0.717, 1.165) is 56.9 Å². The van der Waals surface area contributed by atoms with E-state index in [1.165, 1.54) is 57.8 Å². The number of hydrogen-bond acceptors (Lipinski definition) is 3. The molecule has 3 rings (SSSR count). The van der Waals surface area contributed by atoms with Crippen LogP contribution in [-0.4, -0.2) is 47.8 Å². The summed E-state index contributed by atoms with van der Waals surface area (Å²) in [6.07, 6.45) is 20.1. The van der Waals surface area contributed by atoms with Gasteiger partial charge in [-0.15, -0.1) is 0 Å². The van der Waals surface area contributed by atoms with E-state index in [4.69, 9.17) is 0 Å². The Morgan fingerprint density at radius 1 is 0.750 bits per heavy atom. The van der Waals surface area contributed by atoms with Crippen molar-refractivity contribution in [3.8, 4) is 0 Å². The van der Waals surface area contributed by atoms with Crippen LogP contribution >= 0.6 is 0 Å². The van der Waals surface area contributed by atoms with Crippen molar-refractivity contribution in [1.82, 2.24) is 15.5 Å². The summed E-state index contributed by atoms with van der Waals surface area (Å²) >= 11 is 0. The molecule has 1 heterocycles. The minimum atomic E-state index is -0.0612. The van der Waals surface area contributed by atoms with Crippen LogP contribution in [0.4, 0.5) is 0 Å². The highest BCUT2D eigenvalue weighted by Crippen LogP contribution is 2.23. The molecule has 0 unspecified atom stereocenters. The van der Waals surface area contributed by atoms with E-state index in [1.807, 2.05) is 36.1 Å². The lowest BCUT2D eigenvalue weighted by Crippen LogP contribution is -2.55. The van der Waals surface area contributed by atoms with Crippen molar-refractivity contribution < 1.29 is 14.4 Å². The number of amides is 3. The second-order valence-electron chi connectivity index (χ2n) is 12.2. The number of unbranched alkanes of at least 4 members (excludes halogenated alkanes) is 10. The fraction of sp³-hybridized carbons (Fsp3) is 0.735. The van der Waals surface area contributed by atoms with Gasteiger partial charge in [0, 0.05) is 43.1 Å². The molecule has 2 aliphatic rings. The van der Waals surface area contributed by atoms with E-state index in [1.54, 1.807) is 0 Å². The number of aryl methyl sites for hydroxylation is 1. The van der Waals surface area contributed by atoms with Crippen LogP contribution in [0, 0.1) is 12.8 Å². The molecule has 1 aromatic rings. The first-order valence-electron chi connectivity index (χ1n) is 16.4. The van der Waals surface area contributed by atoms with Crippen molar-refractivity contribution in [3.05, 3.63) is 35.4 Å². The highest BCUT2D eigenvalue weighted by Gasteiger charge is 2.32. The van der Waals surface area contributed by atoms with Gasteiger partial charge in [0.2, 0.25) is 11.8 Å². The minimum absolute atomic E-state index is 0.0325. The molecule has 0 spiro atoms. The second-order valence-corrected chi connectivity index (χ2v) is 12.2. The van der Waals surface area contributed by atoms with Crippen molar-refractivity contribution in [2.75, 3.05) is 13.1 Å². The minimum Gasteiger partial charge on any atom is -0.351 e. The molecule has 1 aliphatic carbocycles. The molecule has 1 aromatic carbocycles. The topological polar surface area (TPSA) is 78.5 Å².